The van der Waals surface area contributed by atoms with Gasteiger partial charge in [-0.25, -0.2) is 4.99 Å². The quantitative estimate of drug-likeness (QED) is 0.461. The second-order valence-electron chi connectivity index (χ2n) is 6.29. The van der Waals surface area contributed by atoms with Crippen molar-refractivity contribution in [1.82, 2.24) is 15.6 Å². The minimum Gasteiger partial charge on any atom is -0.383 e. The van der Waals surface area contributed by atoms with Gasteiger partial charge in [-0.3, -0.25) is 4.98 Å². The van der Waals surface area contributed by atoms with Crippen LogP contribution in [0.2, 0.25) is 0 Å². The van der Waals surface area contributed by atoms with Crippen LogP contribution in [0.5, 0.6) is 0 Å². The molecule has 3 rings (SSSR count). The molecule has 6 heteroatoms. The average Bonchev–Trinajstić information content (AvgIpc) is 3.20. The first-order valence-electron chi connectivity index (χ1n) is 8.71. The van der Waals surface area contributed by atoms with Crippen molar-refractivity contribution in [3.63, 3.8) is 0 Å². The summed E-state index contributed by atoms with van der Waals surface area (Å²) < 4.78 is 0. The Balaban J connectivity index is 1.73. The Labute approximate surface area is 157 Å². The first kappa shape index (κ1) is 18.4. The van der Waals surface area contributed by atoms with Crippen molar-refractivity contribution in [3.05, 3.63) is 64.5 Å². The lowest BCUT2D eigenvalue weighted by atomic mass is 10.1. The zero-order valence-electron chi connectivity index (χ0n) is 15.1. The Bertz CT molecular complexity index is 869. The average molecular weight is 369 g/mol. The lowest BCUT2D eigenvalue weighted by molar-refractivity contribution is 0.0655. The fourth-order valence-electron chi connectivity index (χ4n) is 2.73. The van der Waals surface area contributed by atoms with E-state index in [1.807, 2.05) is 49.6 Å². The van der Waals surface area contributed by atoms with Gasteiger partial charge in [-0.2, -0.15) is 0 Å². The lowest BCUT2D eigenvalue weighted by Crippen LogP contribution is -2.44. The van der Waals surface area contributed by atoms with Crippen LogP contribution < -0.4 is 10.6 Å². The van der Waals surface area contributed by atoms with Crippen molar-refractivity contribution in [2.75, 3.05) is 13.1 Å². The molecule has 3 aromatic rings. The molecule has 2 aromatic heterocycles. The van der Waals surface area contributed by atoms with E-state index in [4.69, 9.17) is 0 Å². The standard InChI is InChI=1S/C20H24N4OS/c1-3-21-19(24-14-20(2,25)17-10-6-12-26-17)23-13-16-8-4-7-15-9-5-11-22-18(15)16/h4-12,25H,3,13-14H2,1-2H3,(H2,21,23,24). The molecule has 0 spiro atoms. The van der Waals surface area contributed by atoms with E-state index in [0.717, 1.165) is 27.9 Å². The van der Waals surface area contributed by atoms with Crippen LogP contribution in [-0.4, -0.2) is 29.1 Å². The fourth-order valence-corrected chi connectivity index (χ4v) is 3.52. The van der Waals surface area contributed by atoms with Gasteiger partial charge in [0.15, 0.2) is 5.96 Å². The van der Waals surface area contributed by atoms with E-state index >= 15 is 0 Å². The van der Waals surface area contributed by atoms with Crippen LogP contribution in [0.25, 0.3) is 10.9 Å². The van der Waals surface area contributed by atoms with Crippen LogP contribution >= 0.6 is 11.3 Å². The zero-order chi connectivity index (χ0) is 18.4. The Morgan fingerprint density at radius 1 is 1.19 bits per heavy atom. The highest BCUT2D eigenvalue weighted by molar-refractivity contribution is 7.10. The topological polar surface area (TPSA) is 69.5 Å². The highest BCUT2D eigenvalue weighted by Crippen LogP contribution is 2.24. The molecule has 136 valence electrons. The second-order valence-corrected chi connectivity index (χ2v) is 7.24. The molecule has 0 radical (unpaired) electrons. The van der Waals surface area contributed by atoms with Gasteiger partial charge in [-0.15, -0.1) is 11.3 Å². The minimum atomic E-state index is -0.939. The molecule has 0 saturated heterocycles. The van der Waals surface area contributed by atoms with Crippen LogP contribution in [0.4, 0.5) is 0 Å². The number of nitrogens with zero attached hydrogens (tertiary/aromatic N) is 2. The number of fused-ring (bicyclic) bond motifs is 1. The number of nitrogens with one attached hydrogen (secondary N) is 2. The normalized spacial score (nSPS) is 14.2. The van der Waals surface area contributed by atoms with E-state index in [-0.39, 0.29) is 0 Å². The SMILES string of the molecule is CCNC(=NCc1cccc2cccnc12)NCC(C)(O)c1cccs1. The Morgan fingerprint density at radius 3 is 2.81 bits per heavy atom. The maximum Gasteiger partial charge on any atom is 0.191 e. The first-order chi connectivity index (χ1) is 12.6. The molecule has 1 atom stereocenters. The van der Waals surface area contributed by atoms with Gasteiger partial charge in [-0.1, -0.05) is 30.3 Å². The van der Waals surface area contributed by atoms with E-state index in [9.17, 15) is 5.11 Å². The van der Waals surface area contributed by atoms with Gasteiger partial charge in [0.2, 0.25) is 0 Å². The van der Waals surface area contributed by atoms with Crippen LogP contribution in [0, 0.1) is 0 Å². The van der Waals surface area contributed by atoms with E-state index < -0.39 is 5.60 Å². The van der Waals surface area contributed by atoms with Crippen LogP contribution in [0.15, 0.2) is 59.0 Å². The summed E-state index contributed by atoms with van der Waals surface area (Å²) in [5, 5.41) is 20.2. The van der Waals surface area contributed by atoms with Crippen LogP contribution in [-0.2, 0) is 12.1 Å². The maximum absolute atomic E-state index is 10.7. The molecule has 0 aliphatic heterocycles. The highest BCUT2D eigenvalue weighted by Gasteiger charge is 2.24. The molecule has 1 aromatic carbocycles. The number of aromatic nitrogens is 1. The van der Waals surface area contributed by atoms with Gasteiger partial charge in [0.05, 0.1) is 18.6 Å². The van der Waals surface area contributed by atoms with Gasteiger partial charge < -0.3 is 15.7 Å². The van der Waals surface area contributed by atoms with Gasteiger partial charge >= 0.3 is 0 Å². The maximum atomic E-state index is 10.7. The Hall–Kier alpha value is -2.44. The summed E-state index contributed by atoms with van der Waals surface area (Å²) in [6.07, 6.45) is 1.80. The summed E-state index contributed by atoms with van der Waals surface area (Å²) in [5.41, 5.74) is 1.11. The fraction of sp³-hybridized carbons (Fsp3) is 0.300. The molecule has 2 heterocycles. The summed E-state index contributed by atoms with van der Waals surface area (Å²) in [4.78, 5) is 10.1. The van der Waals surface area contributed by atoms with Crippen molar-refractivity contribution in [1.29, 1.82) is 0 Å². The van der Waals surface area contributed by atoms with E-state index in [1.54, 1.807) is 17.5 Å². The number of rotatable bonds is 6. The number of hydrogen-bond donors (Lipinski definition) is 3. The van der Waals surface area contributed by atoms with E-state index in [0.29, 0.717) is 19.0 Å². The van der Waals surface area contributed by atoms with Crippen molar-refractivity contribution >= 4 is 28.2 Å². The molecule has 0 amide bonds. The molecule has 5 nitrogen and oxygen atoms in total. The van der Waals surface area contributed by atoms with Crippen LogP contribution in [0.3, 0.4) is 0 Å². The van der Waals surface area contributed by atoms with Gasteiger partial charge in [0.1, 0.15) is 5.60 Å². The van der Waals surface area contributed by atoms with Crippen molar-refractivity contribution in [2.24, 2.45) is 4.99 Å². The molecule has 0 fully saturated rings. The van der Waals surface area contributed by atoms with E-state index in [2.05, 4.69) is 32.7 Å². The third kappa shape index (κ3) is 4.39. The first-order valence-corrected chi connectivity index (χ1v) is 9.59. The predicted molar refractivity (Wildman–Crippen MR) is 108 cm³/mol. The van der Waals surface area contributed by atoms with Crippen molar-refractivity contribution in [3.8, 4) is 0 Å². The van der Waals surface area contributed by atoms with Gasteiger partial charge in [-0.05, 0) is 36.9 Å². The Morgan fingerprint density at radius 2 is 2.04 bits per heavy atom. The van der Waals surface area contributed by atoms with E-state index in [1.165, 1.54) is 0 Å². The zero-order valence-corrected chi connectivity index (χ0v) is 15.9. The number of benzene rings is 1. The summed E-state index contributed by atoms with van der Waals surface area (Å²) >= 11 is 1.55. The predicted octanol–water partition coefficient (Wildman–Crippen LogP) is 3.26. The largest absolute Gasteiger partial charge is 0.383 e. The molecular formula is C20H24N4OS. The summed E-state index contributed by atoms with van der Waals surface area (Å²) in [6, 6.07) is 14.0. The summed E-state index contributed by atoms with van der Waals surface area (Å²) in [7, 11) is 0. The molecule has 0 saturated carbocycles. The Kier molecular flexibility index (Phi) is 5.85. The number of guanidine groups is 1. The third-order valence-corrected chi connectivity index (χ3v) is 5.24. The molecule has 1 unspecified atom stereocenters. The monoisotopic (exact) mass is 368 g/mol. The van der Waals surface area contributed by atoms with Crippen molar-refractivity contribution in [2.45, 2.75) is 26.0 Å². The number of pyridine rings is 1. The van der Waals surface area contributed by atoms with Crippen molar-refractivity contribution < 1.29 is 5.11 Å². The molecule has 0 bridgehead atoms. The smallest absolute Gasteiger partial charge is 0.191 e. The lowest BCUT2D eigenvalue weighted by Gasteiger charge is -2.23. The molecule has 0 aliphatic rings. The molecule has 0 aliphatic carbocycles. The third-order valence-electron chi connectivity index (χ3n) is 4.12. The number of para-hydroxylation sites is 1. The van der Waals surface area contributed by atoms with Crippen LogP contribution in [0.1, 0.15) is 24.3 Å². The number of aliphatic hydroxyl groups is 1. The summed E-state index contributed by atoms with van der Waals surface area (Å²) in [6.45, 7) is 5.48. The molecular weight excluding hydrogens is 344 g/mol. The number of thiophene rings is 1. The molecule has 3 N–H and O–H groups in total. The minimum absolute atomic E-state index is 0.382. The molecule has 26 heavy (non-hydrogen) atoms. The van der Waals surface area contributed by atoms with Gasteiger partial charge in [0, 0.05) is 23.0 Å². The second kappa shape index (κ2) is 8.29. The van der Waals surface area contributed by atoms with Gasteiger partial charge in [0.25, 0.3) is 0 Å². The highest BCUT2D eigenvalue weighted by atomic mass is 32.1. The number of hydrogen-bond acceptors (Lipinski definition) is 4. The number of aliphatic imine (C=N–C) groups is 1. The summed E-state index contributed by atoms with van der Waals surface area (Å²) in [5.74, 6) is 0.678.